The molecule has 0 spiro atoms. The van der Waals surface area contributed by atoms with Crippen LogP contribution in [0.15, 0.2) is 55.0 Å². The van der Waals surface area contributed by atoms with Crippen LogP contribution in [0.25, 0.3) is 33.5 Å². The van der Waals surface area contributed by atoms with Gasteiger partial charge in [0.05, 0.1) is 46.7 Å². The molecule has 0 unspecified atom stereocenters. The predicted molar refractivity (Wildman–Crippen MR) is 130 cm³/mol. The first-order valence-electron chi connectivity index (χ1n) is 11.7. The van der Waals surface area contributed by atoms with Crippen molar-refractivity contribution in [2.75, 3.05) is 18.4 Å². The summed E-state index contributed by atoms with van der Waals surface area (Å²) in [5.74, 6) is -0.0739. The highest BCUT2D eigenvalue weighted by molar-refractivity contribution is 5.88. The van der Waals surface area contributed by atoms with E-state index in [1.807, 2.05) is 43.5 Å². The third kappa shape index (κ3) is 4.01. The predicted octanol–water partition coefficient (Wildman–Crippen LogP) is 3.70. The molecule has 1 saturated carbocycles. The van der Waals surface area contributed by atoms with E-state index in [4.69, 9.17) is 4.74 Å². The molecule has 2 aliphatic rings. The van der Waals surface area contributed by atoms with E-state index in [2.05, 4.69) is 42.7 Å². The molecule has 34 heavy (non-hydrogen) atoms. The number of nitrogens with zero attached hydrogens (tertiary/aromatic N) is 3. The molecule has 0 radical (unpaired) electrons. The molecule has 1 aliphatic carbocycles. The first kappa shape index (κ1) is 20.8. The summed E-state index contributed by atoms with van der Waals surface area (Å²) in [6.45, 7) is 3.52. The number of aryl methyl sites for hydroxylation is 1. The largest absolute Gasteiger partial charge is 0.459 e. The molecule has 4 aromatic rings. The number of pyridine rings is 2. The summed E-state index contributed by atoms with van der Waals surface area (Å²) in [6.07, 6.45) is 5.18. The zero-order chi connectivity index (χ0) is 23.1. The van der Waals surface area contributed by atoms with Crippen molar-refractivity contribution in [3.8, 4) is 22.6 Å². The number of ether oxygens (including phenoxy) is 1. The van der Waals surface area contributed by atoms with Crippen LogP contribution in [0.2, 0.25) is 0 Å². The number of esters is 1. The Hall–Kier alpha value is -3.78. The normalized spacial score (nSPS) is 19.9. The van der Waals surface area contributed by atoms with Gasteiger partial charge < -0.3 is 20.4 Å². The van der Waals surface area contributed by atoms with Crippen LogP contribution in [0.3, 0.4) is 0 Å². The van der Waals surface area contributed by atoms with Gasteiger partial charge in [0.25, 0.3) is 0 Å². The average molecular weight is 455 g/mol. The lowest BCUT2D eigenvalue weighted by molar-refractivity contribution is -0.159. The quantitative estimate of drug-likeness (QED) is 0.382. The number of H-pyrrole nitrogens is 1. The summed E-state index contributed by atoms with van der Waals surface area (Å²) in [7, 11) is 0. The van der Waals surface area contributed by atoms with Crippen molar-refractivity contribution >= 4 is 22.6 Å². The first-order valence-corrected chi connectivity index (χ1v) is 11.7. The monoisotopic (exact) mass is 454 g/mol. The van der Waals surface area contributed by atoms with Gasteiger partial charge in [0.1, 0.15) is 6.10 Å². The van der Waals surface area contributed by atoms with Crippen LogP contribution >= 0.6 is 0 Å². The highest BCUT2D eigenvalue weighted by atomic mass is 16.5. The SMILES string of the molecule is Cc1cccc(-c2[nH]cnc2-c2ccc3ncc(NC4CC(C(=O)OC5CNC5)C4)cc3c2)n1. The van der Waals surface area contributed by atoms with Crippen LogP contribution in [-0.2, 0) is 9.53 Å². The molecule has 1 aromatic carbocycles. The maximum absolute atomic E-state index is 12.2. The maximum atomic E-state index is 12.2. The lowest BCUT2D eigenvalue weighted by atomic mass is 9.80. The topological polar surface area (TPSA) is 105 Å². The Morgan fingerprint density at radius 1 is 1.12 bits per heavy atom. The minimum absolute atomic E-state index is 0.00793. The van der Waals surface area contributed by atoms with E-state index in [1.165, 1.54) is 0 Å². The third-order valence-electron chi connectivity index (χ3n) is 6.61. The lowest BCUT2D eigenvalue weighted by Gasteiger charge is -2.36. The van der Waals surface area contributed by atoms with Crippen LogP contribution in [0.5, 0.6) is 0 Å². The van der Waals surface area contributed by atoms with Crippen molar-refractivity contribution in [1.82, 2.24) is 25.3 Å². The van der Waals surface area contributed by atoms with Crippen molar-refractivity contribution in [2.45, 2.75) is 31.9 Å². The number of aromatic amines is 1. The first-order chi connectivity index (χ1) is 16.6. The fourth-order valence-electron chi connectivity index (χ4n) is 4.52. The van der Waals surface area contributed by atoms with E-state index < -0.39 is 0 Å². The van der Waals surface area contributed by atoms with Gasteiger partial charge in [-0.3, -0.25) is 14.8 Å². The van der Waals surface area contributed by atoms with Crippen LogP contribution in [0, 0.1) is 12.8 Å². The zero-order valence-electron chi connectivity index (χ0n) is 18.9. The summed E-state index contributed by atoms with van der Waals surface area (Å²) in [6, 6.07) is 14.5. The van der Waals surface area contributed by atoms with Crippen molar-refractivity contribution in [1.29, 1.82) is 0 Å². The van der Waals surface area contributed by atoms with E-state index in [1.54, 1.807) is 6.33 Å². The number of benzene rings is 1. The van der Waals surface area contributed by atoms with Crippen molar-refractivity contribution in [3.63, 3.8) is 0 Å². The number of carbonyl (C=O) groups is 1. The number of anilines is 1. The van der Waals surface area contributed by atoms with Gasteiger partial charge in [-0.2, -0.15) is 0 Å². The summed E-state index contributed by atoms with van der Waals surface area (Å²) in [5, 5.41) is 7.67. The fraction of sp³-hybridized carbons (Fsp3) is 0.308. The van der Waals surface area contributed by atoms with Crippen molar-refractivity contribution in [3.05, 3.63) is 60.7 Å². The number of imidazole rings is 1. The van der Waals surface area contributed by atoms with Crippen molar-refractivity contribution in [2.24, 2.45) is 5.92 Å². The molecule has 0 atom stereocenters. The smallest absolute Gasteiger partial charge is 0.309 e. The fourth-order valence-corrected chi connectivity index (χ4v) is 4.52. The summed E-state index contributed by atoms with van der Waals surface area (Å²) < 4.78 is 5.49. The van der Waals surface area contributed by atoms with E-state index in [9.17, 15) is 4.79 Å². The van der Waals surface area contributed by atoms with Gasteiger partial charge in [0, 0.05) is 35.8 Å². The molecule has 1 aliphatic heterocycles. The minimum Gasteiger partial charge on any atom is -0.459 e. The van der Waals surface area contributed by atoms with E-state index in [-0.39, 0.29) is 24.0 Å². The Morgan fingerprint density at radius 3 is 2.79 bits per heavy atom. The Bertz CT molecular complexity index is 1360. The Balaban J connectivity index is 1.18. The third-order valence-corrected chi connectivity index (χ3v) is 6.61. The zero-order valence-corrected chi connectivity index (χ0v) is 18.9. The van der Waals surface area contributed by atoms with Gasteiger partial charge in [0.15, 0.2) is 0 Å². The second kappa shape index (κ2) is 8.53. The molecule has 172 valence electrons. The number of hydrogen-bond acceptors (Lipinski definition) is 7. The molecule has 3 N–H and O–H groups in total. The van der Waals surface area contributed by atoms with E-state index >= 15 is 0 Å². The van der Waals surface area contributed by atoms with Gasteiger partial charge in [-0.05, 0) is 50.1 Å². The Labute approximate surface area is 197 Å². The van der Waals surface area contributed by atoms with E-state index in [0.717, 1.165) is 70.9 Å². The molecule has 3 aromatic heterocycles. The number of hydrogen-bond donors (Lipinski definition) is 3. The number of aromatic nitrogens is 4. The number of carbonyl (C=O) groups excluding carboxylic acids is 1. The molecule has 1 saturated heterocycles. The molecule has 8 nitrogen and oxygen atoms in total. The molecular weight excluding hydrogens is 428 g/mol. The number of fused-ring (bicyclic) bond motifs is 1. The van der Waals surface area contributed by atoms with Crippen LogP contribution in [0.1, 0.15) is 18.5 Å². The van der Waals surface area contributed by atoms with Gasteiger partial charge in [0.2, 0.25) is 0 Å². The van der Waals surface area contributed by atoms with Gasteiger partial charge >= 0.3 is 5.97 Å². The molecule has 4 heterocycles. The number of nitrogens with one attached hydrogen (secondary N) is 3. The number of rotatable bonds is 6. The summed E-state index contributed by atoms with van der Waals surface area (Å²) in [5.41, 5.74) is 6.46. The standard InChI is InChI=1S/C26H26N6O2/c1-15-3-2-4-23(31-15)25-24(29-14-30-25)16-5-6-22-17(7-16)8-20(11-28-22)32-19-9-18(10-19)26(33)34-21-12-27-13-21/h2-8,11,14,18-19,21,27,32H,9-10,12-13H2,1H3,(H,29,30). The minimum atomic E-state index is -0.0660. The summed E-state index contributed by atoms with van der Waals surface area (Å²) >= 11 is 0. The molecule has 0 amide bonds. The summed E-state index contributed by atoms with van der Waals surface area (Å²) in [4.78, 5) is 29.3. The Kier molecular flexibility index (Phi) is 5.22. The molecule has 0 bridgehead atoms. The van der Waals surface area contributed by atoms with Crippen LogP contribution < -0.4 is 10.6 Å². The average Bonchev–Trinajstić information content (AvgIpc) is 3.28. The second-order valence-corrected chi connectivity index (χ2v) is 9.15. The van der Waals surface area contributed by atoms with Crippen LogP contribution in [-0.4, -0.2) is 51.1 Å². The molecule has 6 rings (SSSR count). The van der Waals surface area contributed by atoms with Crippen LogP contribution in [0.4, 0.5) is 5.69 Å². The van der Waals surface area contributed by atoms with Crippen molar-refractivity contribution < 1.29 is 9.53 Å². The molecular formula is C26H26N6O2. The highest BCUT2D eigenvalue weighted by Gasteiger charge is 2.37. The van der Waals surface area contributed by atoms with Gasteiger partial charge in [-0.1, -0.05) is 12.1 Å². The lowest BCUT2D eigenvalue weighted by Crippen LogP contribution is -2.51. The molecule has 8 heteroatoms. The highest BCUT2D eigenvalue weighted by Crippen LogP contribution is 2.33. The Morgan fingerprint density at radius 2 is 2.00 bits per heavy atom. The second-order valence-electron chi connectivity index (χ2n) is 9.15. The molecule has 2 fully saturated rings. The van der Waals surface area contributed by atoms with Gasteiger partial charge in [-0.15, -0.1) is 0 Å². The van der Waals surface area contributed by atoms with E-state index in [0.29, 0.717) is 0 Å². The van der Waals surface area contributed by atoms with Gasteiger partial charge in [-0.25, -0.2) is 4.98 Å². The maximum Gasteiger partial charge on any atom is 0.309 e.